The molecule has 0 saturated heterocycles. The van der Waals surface area contributed by atoms with E-state index in [0.717, 1.165) is 5.56 Å². The molecule has 0 fully saturated rings. The number of carbonyl (C=O) groups is 1. The quantitative estimate of drug-likeness (QED) is 0.846. The minimum atomic E-state index is -0.407. The Kier molecular flexibility index (Phi) is 3.89. The second-order valence-corrected chi connectivity index (χ2v) is 4.37. The van der Waals surface area contributed by atoms with Gasteiger partial charge < -0.3 is 15.8 Å². The summed E-state index contributed by atoms with van der Waals surface area (Å²) in [6.07, 6.45) is 0. The molecule has 0 aromatic heterocycles. The van der Waals surface area contributed by atoms with Crippen molar-refractivity contribution >= 4 is 17.3 Å². The molecular weight excluding hydrogens is 259 g/mol. The summed E-state index contributed by atoms with van der Waals surface area (Å²) in [6.45, 7) is 1.79. The lowest BCUT2D eigenvalue weighted by molar-refractivity contribution is 0.102. The van der Waals surface area contributed by atoms with Crippen molar-refractivity contribution in [3.8, 4) is 5.75 Å². The Labute approximate surface area is 116 Å². The lowest BCUT2D eigenvalue weighted by Crippen LogP contribution is -2.14. The first-order valence-electron chi connectivity index (χ1n) is 6.02. The molecule has 0 saturated carbocycles. The van der Waals surface area contributed by atoms with Crippen LogP contribution in [0, 0.1) is 12.7 Å². The van der Waals surface area contributed by atoms with Gasteiger partial charge in [0.15, 0.2) is 0 Å². The topological polar surface area (TPSA) is 64.3 Å². The predicted octanol–water partition coefficient (Wildman–Crippen LogP) is 2.98. The van der Waals surface area contributed by atoms with Gasteiger partial charge in [0.05, 0.1) is 12.7 Å². The van der Waals surface area contributed by atoms with E-state index in [9.17, 15) is 9.18 Å². The maximum absolute atomic E-state index is 13.2. The SMILES string of the molecule is COc1cc(N)ccc1C(=O)Nc1cc(F)ccc1C. The Balaban J connectivity index is 2.30. The fraction of sp³-hybridized carbons (Fsp3) is 0.133. The number of aryl methyl sites for hydroxylation is 1. The first-order valence-corrected chi connectivity index (χ1v) is 6.02. The highest BCUT2D eigenvalue weighted by Gasteiger charge is 2.13. The van der Waals surface area contributed by atoms with Crippen molar-refractivity contribution in [3.63, 3.8) is 0 Å². The lowest BCUT2D eigenvalue weighted by Gasteiger charge is -2.11. The molecule has 0 aliphatic carbocycles. The zero-order valence-electron chi connectivity index (χ0n) is 11.2. The number of nitrogens with two attached hydrogens (primary N) is 1. The molecule has 0 unspecified atom stereocenters. The number of nitrogen functional groups attached to an aromatic ring is 1. The normalized spacial score (nSPS) is 10.2. The van der Waals surface area contributed by atoms with Crippen molar-refractivity contribution in [3.05, 3.63) is 53.3 Å². The van der Waals surface area contributed by atoms with Gasteiger partial charge in [-0.15, -0.1) is 0 Å². The number of halogens is 1. The molecule has 3 N–H and O–H groups in total. The summed E-state index contributed by atoms with van der Waals surface area (Å²) in [7, 11) is 1.46. The number of benzene rings is 2. The van der Waals surface area contributed by atoms with E-state index >= 15 is 0 Å². The molecule has 104 valence electrons. The molecule has 5 heteroatoms. The molecule has 2 aromatic carbocycles. The monoisotopic (exact) mass is 274 g/mol. The molecule has 0 heterocycles. The lowest BCUT2D eigenvalue weighted by atomic mass is 10.1. The van der Waals surface area contributed by atoms with Gasteiger partial charge in [-0.25, -0.2) is 4.39 Å². The third kappa shape index (κ3) is 2.88. The molecule has 0 bridgehead atoms. The molecule has 0 radical (unpaired) electrons. The van der Waals surface area contributed by atoms with Gasteiger partial charge in [-0.1, -0.05) is 6.07 Å². The average molecular weight is 274 g/mol. The summed E-state index contributed by atoms with van der Waals surface area (Å²) >= 11 is 0. The van der Waals surface area contributed by atoms with E-state index in [4.69, 9.17) is 10.5 Å². The second-order valence-electron chi connectivity index (χ2n) is 4.37. The number of anilines is 2. The van der Waals surface area contributed by atoms with Gasteiger partial charge in [0, 0.05) is 17.4 Å². The van der Waals surface area contributed by atoms with Crippen LogP contribution in [0.25, 0.3) is 0 Å². The fourth-order valence-corrected chi connectivity index (χ4v) is 1.81. The van der Waals surface area contributed by atoms with Gasteiger partial charge in [0.2, 0.25) is 0 Å². The van der Waals surface area contributed by atoms with Crippen LogP contribution < -0.4 is 15.8 Å². The van der Waals surface area contributed by atoms with Gasteiger partial charge in [-0.3, -0.25) is 4.79 Å². The second kappa shape index (κ2) is 5.61. The van der Waals surface area contributed by atoms with Crippen LogP contribution in [0.4, 0.5) is 15.8 Å². The fourth-order valence-electron chi connectivity index (χ4n) is 1.81. The van der Waals surface area contributed by atoms with Gasteiger partial charge in [-0.05, 0) is 36.8 Å². The van der Waals surface area contributed by atoms with Crippen LogP contribution in [0.1, 0.15) is 15.9 Å². The van der Waals surface area contributed by atoms with Crippen molar-refractivity contribution in [1.82, 2.24) is 0 Å². The van der Waals surface area contributed by atoms with Crippen molar-refractivity contribution in [1.29, 1.82) is 0 Å². The van der Waals surface area contributed by atoms with Gasteiger partial charge in [-0.2, -0.15) is 0 Å². The smallest absolute Gasteiger partial charge is 0.259 e. The Morgan fingerprint density at radius 1 is 1.25 bits per heavy atom. The van der Waals surface area contributed by atoms with Crippen molar-refractivity contribution in [2.75, 3.05) is 18.2 Å². The van der Waals surface area contributed by atoms with Crippen molar-refractivity contribution < 1.29 is 13.9 Å². The Morgan fingerprint density at radius 2 is 2.00 bits per heavy atom. The molecule has 20 heavy (non-hydrogen) atoms. The third-order valence-electron chi connectivity index (χ3n) is 2.92. The largest absolute Gasteiger partial charge is 0.496 e. The van der Waals surface area contributed by atoms with Crippen molar-refractivity contribution in [2.24, 2.45) is 0 Å². The van der Waals surface area contributed by atoms with Crippen LogP contribution in [-0.4, -0.2) is 13.0 Å². The number of methoxy groups -OCH3 is 1. The van der Waals surface area contributed by atoms with Gasteiger partial charge in [0.1, 0.15) is 11.6 Å². The van der Waals surface area contributed by atoms with Crippen LogP contribution in [0.15, 0.2) is 36.4 Å². The van der Waals surface area contributed by atoms with Crippen LogP contribution in [0.2, 0.25) is 0 Å². The number of ether oxygens (including phenoxy) is 1. The van der Waals surface area contributed by atoms with Crippen LogP contribution in [0.5, 0.6) is 5.75 Å². The number of carbonyl (C=O) groups excluding carboxylic acids is 1. The molecule has 4 nitrogen and oxygen atoms in total. The number of hydrogen-bond donors (Lipinski definition) is 2. The minimum Gasteiger partial charge on any atom is -0.496 e. The third-order valence-corrected chi connectivity index (χ3v) is 2.92. The number of hydrogen-bond acceptors (Lipinski definition) is 3. The summed E-state index contributed by atoms with van der Waals surface area (Å²) < 4.78 is 18.3. The van der Waals surface area contributed by atoms with Crippen LogP contribution in [0.3, 0.4) is 0 Å². The first kappa shape index (κ1) is 13.9. The van der Waals surface area contributed by atoms with Gasteiger partial charge >= 0.3 is 0 Å². The summed E-state index contributed by atoms with van der Waals surface area (Å²) in [4.78, 5) is 12.2. The summed E-state index contributed by atoms with van der Waals surface area (Å²) in [5.74, 6) is -0.415. The van der Waals surface area contributed by atoms with E-state index in [1.807, 2.05) is 0 Å². The zero-order chi connectivity index (χ0) is 14.7. The zero-order valence-corrected chi connectivity index (χ0v) is 11.2. The van der Waals surface area contributed by atoms with Gasteiger partial charge in [0.25, 0.3) is 5.91 Å². The van der Waals surface area contributed by atoms with E-state index in [1.165, 1.54) is 19.2 Å². The summed E-state index contributed by atoms with van der Waals surface area (Å²) in [5, 5.41) is 2.66. The summed E-state index contributed by atoms with van der Waals surface area (Å²) in [5.41, 5.74) is 7.67. The van der Waals surface area contributed by atoms with E-state index in [0.29, 0.717) is 22.7 Å². The molecule has 0 atom stereocenters. The minimum absolute atomic E-state index is 0.338. The Bertz CT molecular complexity index is 656. The highest BCUT2D eigenvalue weighted by atomic mass is 19.1. The molecular formula is C15H15FN2O2. The molecule has 0 aliphatic rings. The van der Waals surface area contributed by atoms with Crippen LogP contribution >= 0.6 is 0 Å². The van der Waals surface area contributed by atoms with E-state index in [-0.39, 0.29) is 5.91 Å². The number of rotatable bonds is 3. The number of nitrogens with one attached hydrogen (secondary N) is 1. The highest BCUT2D eigenvalue weighted by molar-refractivity contribution is 6.06. The standard InChI is InChI=1S/C15H15FN2O2/c1-9-3-4-10(16)7-13(9)18-15(19)12-6-5-11(17)8-14(12)20-2/h3-8H,17H2,1-2H3,(H,18,19). The molecule has 0 spiro atoms. The molecule has 0 aliphatic heterocycles. The maximum atomic E-state index is 13.2. The predicted molar refractivity (Wildman–Crippen MR) is 76.5 cm³/mol. The average Bonchev–Trinajstić information content (AvgIpc) is 2.42. The molecule has 1 amide bonds. The Morgan fingerprint density at radius 3 is 2.70 bits per heavy atom. The number of amides is 1. The van der Waals surface area contributed by atoms with Crippen LogP contribution in [-0.2, 0) is 0 Å². The van der Waals surface area contributed by atoms with Crippen molar-refractivity contribution in [2.45, 2.75) is 6.92 Å². The van der Waals surface area contributed by atoms with E-state index in [2.05, 4.69) is 5.32 Å². The molecule has 2 rings (SSSR count). The first-order chi connectivity index (χ1) is 9.51. The maximum Gasteiger partial charge on any atom is 0.259 e. The highest BCUT2D eigenvalue weighted by Crippen LogP contribution is 2.24. The Hall–Kier alpha value is -2.56. The molecule has 2 aromatic rings. The van der Waals surface area contributed by atoms with E-state index < -0.39 is 5.82 Å². The van der Waals surface area contributed by atoms with E-state index in [1.54, 1.807) is 31.2 Å². The summed E-state index contributed by atoms with van der Waals surface area (Å²) in [6, 6.07) is 8.96.